The summed E-state index contributed by atoms with van der Waals surface area (Å²) in [7, 11) is -2.59. The number of rotatable bonds is 1. The van der Waals surface area contributed by atoms with Crippen LogP contribution in [0.3, 0.4) is 0 Å². The molecule has 0 aliphatic carbocycles. The number of hydrogen-bond donors (Lipinski definition) is 2. The van der Waals surface area contributed by atoms with Crippen LogP contribution in [-0.2, 0) is 10.5 Å². The van der Waals surface area contributed by atoms with Crippen LogP contribution < -0.4 is 5.43 Å². The number of hydrogen-bond acceptors (Lipinski definition) is 4. The fourth-order valence-electron chi connectivity index (χ4n) is 0.0763. The zero-order valence-electron chi connectivity index (χ0n) is 3.53. The van der Waals surface area contributed by atoms with Gasteiger partial charge in [-0.25, -0.2) is 5.43 Å². The van der Waals surface area contributed by atoms with Gasteiger partial charge >= 0.3 is 10.5 Å². The predicted octanol–water partition coefficient (Wildman–Crippen LogP) is -0.397. The van der Waals surface area contributed by atoms with Gasteiger partial charge in [-0.1, -0.05) is 17.1 Å². The van der Waals surface area contributed by atoms with Gasteiger partial charge in [0.15, 0.2) is 0 Å². The lowest BCUT2D eigenvalue weighted by atomic mass is 11.4. The van der Waals surface area contributed by atoms with Gasteiger partial charge in [0.05, 0.1) is 0 Å². The third kappa shape index (κ3) is 5.44. The molecule has 5 nitrogen and oxygen atoms in total. The minimum Gasteiger partial charge on any atom is -0.260 e. The van der Waals surface area contributed by atoms with Crippen molar-refractivity contribution in [3.63, 3.8) is 0 Å². The van der Waals surface area contributed by atoms with Gasteiger partial charge in [0, 0.05) is 0 Å². The largest absolute Gasteiger partial charge is 0.333 e. The van der Waals surface area contributed by atoms with E-state index in [1.807, 2.05) is 0 Å². The van der Waals surface area contributed by atoms with E-state index in [1.165, 1.54) is 0 Å². The zero-order valence-corrected chi connectivity index (χ0v) is 5.24. The number of carbonyl (C=O) groups is 1. The monoisotopic (exact) mass is 154 g/mol. The van der Waals surface area contributed by atoms with Crippen LogP contribution in [0.4, 0.5) is 4.79 Å². The molecule has 0 saturated carbocycles. The summed E-state index contributed by atoms with van der Waals surface area (Å²) in [5.74, 6) is 0. The molecular formula is CH2N2O3S2. The van der Waals surface area contributed by atoms with Gasteiger partial charge in [-0.2, -0.15) is 8.42 Å². The molecule has 0 rings (SSSR count). The highest BCUT2D eigenvalue weighted by Crippen LogP contribution is 1.72. The van der Waals surface area contributed by atoms with Crippen molar-refractivity contribution in [3.8, 4) is 0 Å². The lowest BCUT2D eigenvalue weighted by Crippen LogP contribution is -2.06. The van der Waals surface area contributed by atoms with Crippen LogP contribution in [0, 0.1) is 0 Å². The summed E-state index contributed by atoms with van der Waals surface area (Å²) < 4.78 is 21.5. The molecule has 0 aliphatic heterocycles. The summed E-state index contributed by atoms with van der Waals surface area (Å²) in [6.07, 6.45) is 0. The van der Waals surface area contributed by atoms with Gasteiger partial charge in [-0.3, -0.25) is 4.79 Å². The van der Waals surface area contributed by atoms with Gasteiger partial charge in [-0.15, -0.1) is 0 Å². The van der Waals surface area contributed by atoms with Crippen molar-refractivity contribution in [2.24, 2.45) is 4.47 Å². The predicted molar refractivity (Wildman–Crippen MR) is 28.9 cm³/mol. The van der Waals surface area contributed by atoms with Gasteiger partial charge in [0.1, 0.15) is 0 Å². The maximum absolute atomic E-state index is 9.73. The minimum atomic E-state index is -2.59. The van der Waals surface area contributed by atoms with E-state index in [2.05, 4.69) is 17.1 Å². The second-order valence-electron chi connectivity index (χ2n) is 0.725. The highest BCUT2D eigenvalue weighted by Gasteiger charge is 1.83. The van der Waals surface area contributed by atoms with Gasteiger partial charge in [0.2, 0.25) is 0 Å². The van der Waals surface area contributed by atoms with Gasteiger partial charge in [-0.05, 0) is 0 Å². The smallest absolute Gasteiger partial charge is 0.260 e. The molecule has 1 N–H and O–H groups in total. The van der Waals surface area contributed by atoms with Gasteiger partial charge < -0.3 is 0 Å². The molecule has 0 aromatic heterocycles. The first-order chi connectivity index (χ1) is 3.63. The maximum atomic E-state index is 9.73. The Hall–Kier alpha value is -0.560. The van der Waals surface area contributed by atoms with Crippen molar-refractivity contribution >= 4 is 28.4 Å². The Balaban J connectivity index is 3.81. The second-order valence-corrected chi connectivity index (χ2v) is 1.75. The summed E-state index contributed by atoms with van der Waals surface area (Å²) in [6.45, 7) is 0. The van der Waals surface area contributed by atoms with Gasteiger partial charge in [0.25, 0.3) is 5.24 Å². The van der Waals surface area contributed by atoms with Crippen LogP contribution in [0.5, 0.6) is 0 Å². The van der Waals surface area contributed by atoms with Crippen molar-refractivity contribution in [1.82, 2.24) is 5.43 Å². The molecule has 0 bridgehead atoms. The molecule has 0 saturated heterocycles. The van der Waals surface area contributed by atoms with E-state index in [0.29, 0.717) is 0 Å². The number of nitrogens with zero attached hydrogens (tertiary/aromatic N) is 1. The molecule has 0 unspecified atom stereocenters. The van der Waals surface area contributed by atoms with E-state index < -0.39 is 15.7 Å². The second kappa shape index (κ2) is 3.44. The highest BCUT2D eigenvalue weighted by atomic mass is 32.2. The Morgan fingerprint density at radius 1 is 1.62 bits per heavy atom. The third-order valence-electron chi connectivity index (χ3n) is 0.216. The Kier molecular flexibility index (Phi) is 3.20. The SMILES string of the molecule is O=C(S)NN=S(=O)=O. The average molecular weight is 154 g/mol. The van der Waals surface area contributed by atoms with E-state index in [0.717, 1.165) is 0 Å². The first-order valence-corrected chi connectivity index (χ1v) is 2.90. The molecular weight excluding hydrogens is 152 g/mol. The molecule has 0 aromatic carbocycles. The Morgan fingerprint density at radius 2 is 2.12 bits per heavy atom. The van der Waals surface area contributed by atoms with E-state index in [1.54, 1.807) is 5.43 Å². The van der Waals surface area contributed by atoms with Crippen molar-refractivity contribution in [2.75, 3.05) is 0 Å². The van der Waals surface area contributed by atoms with Crippen molar-refractivity contribution < 1.29 is 13.2 Å². The molecule has 0 aromatic rings. The fourth-order valence-corrected chi connectivity index (χ4v) is 0.351. The van der Waals surface area contributed by atoms with E-state index in [-0.39, 0.29) is 0 Å². The topological polar surface area (TPSA) is 75.6 Å². The summed E-state index contributed by atoms with van der Waals surface area (Å²) in [5.41, 5.74) is 1.58. The summed E-state index contributed by atoms with van der Waals surface area (Å²) in [5, 5.41) is -0.811. The lowest BCUT2D eigenvalue weighted by Gasteiger charge is -1.79. The van der Waals surface area contributed by atoms with Crippen molar-refractivity contribution in [2.45, 2.75) is 0 Å². The minimum absolute atomic E-state index is 0.811. The lowest BCUT2D eigenvalue weighted by molar-refractivity contribution is 0.261. The quantitative estimate of drug-likeness (QED) is 0.398. The molecule has 0 fully saturated rings. The summed E-state index contributed by atoms with van der Waals surface area (Å²) in [4.78, 5) is 9.73. The highest BCUT2D eigenvalue weighted by molar-refractivity contribution is 7.96. The zero-order chi connectivity index (χ0) is 6.57. The van der Waals surface area contributed by atoms with Crippen molar-refractivity contribution in [3.05, 3.63) is 0 Å². The normalized spacial score (nSPS) is 7.62. The number of thiol groups is 1. The number of carbonyl (C=O) groups excluding carboxylic acids is 1. The van der Waals surface area contributed by atoms with Crippen LogP contribution in [0.1, 0.15) is 0 Å². The van der Waals surface area contributed by atoms with Crippen molar-refractivity contribution in [1.29, 1.82) is 0 Å². The fraction of sp³-hybridized carbons (Fsp3) is 0. The Bertz CT molecular complexity index is 195. The number of nitrogens with one attached hydrogen (secondary N) is 1. The molecule has 0 spiro atoms. The Morgan fingerprint density at radius 3 is 2.25 bits per heavy atom. The first-order valence-electron chi connectivity index (χ1n) is 1.42. The molecule has 0 radical (unpaired) electrons. The molecule has 0 atom stereocenters. The maximum Gasteiger partial charge on any atom is 0.333 e. The molecule has 1 amide bonds. The van der Waals surface area contributed by atoms with E-state index in [9.17, 15) is 13.2 Å². The molecule has 0 heterocycles. The standard InChI is InChI=1S/CH2N2O3S2/c4-1(7)2-3-8(5)6/h(H2,2,4,7). The average Bonchev–Trinajstić information content (AvgIpc) is 1.61. The Labute approximate surface area is 52.2 Å². The van der Waals surface area contributed by atoms with Crippen LogP contribution in [0.2, 0.25) is 0 Å². The van der Waals surface area contributed by atoms with Crippen LogP contribution in [-0.4, -0.2) is 13.7 Å². The summed E-state index contributed by atoms with van der Waals surface area (Å²) in [6, 6.07) is 0. The molecule has 46 valence electrons. The van der Waals surface area contributed by atoms with E-state index >= 15 is 0 Å². The number of amides is 1. The van der Waals surface area contributed by atoms with Crippen LogP contribution >= 0.6 is 12.6 Å². The molecule has 0 aliphatic rings. The molecule has 7 heteroatoms. The van der Waals surface area contributed by atoms with Crippen LogP contribution in [0.25, 0.3) is 0 Å². The summed E-state index contributed by atoms with van der Waals surface area (Å²) >= 11 is 3.16. The molecule has 8 heavy (non-hydrogen) atoms. The first kappa shape index (κ1) is 7.44. The van der Waals surface area contributed by atoms with E-state index in [4.69, 9.17) is 0 Å². The van der Waals surface area contributed by atoms with Crippen LogP contribution in [0.15, 0.2) is 4.47 Å². The third-order valence-corrected chi connectivity index (χ3v) is 0.556.